The second-order valence-electron chi connectivity index (χ2n) is 4.37. The molecule has 1 aliphatic heterocycles. The van der Waals surface area contributed by atoms with Gasteiger partial charge in [-0.25, -0.2) is 13.2 Å². The van der Waals surface area contributed by atoms with E-state index in [0.717, 1.165) is 37.0 Å². The maximum Gasteiger partial charge on any atom is 0.345 e. The van der Waals surface area contributed by atoms with Gasteiger partial charge in [-0.3, -0.25) is 0 Å². The number of nitrogens with zero attached hydrogens (tertiary/aromatic N) is 1. The Morgan fingerprint density at radius 2 is 1.84 bits per heavy atom. The van der Waals surface area contributed by atoms with Crippen LogP contribution in [0.1, 0.15) is 35.4 Å². The predicted octanol–water partition coefficient (Wildman–Crippen LogP) is 2.77. The molecule has 0 aliphatic carbocycles. The molecule has 0 unspecified atom stereocenters. The zero-order chi connectivity index (χ0) is 14.0. The van der Waals surface area contributed by atoms with E-state index in [1.54, 1.807) is 0 Å². The fourth-order valence-corrected chi connectivity index (χ4v) is 5.92. The summed E-state index contributed by atoms with van der Waals surface area (Å²) in [4.78, 5) is 11.0. The highest BCUT2D eigenvalue weighted by Gasteiger charge is 2.29. The molecule has 1 fully saturated rings. The van der Waals surface area contributed by atoms with Crippen molar-refractivity contribution in [1.82, 2.24) is 4.31 Å². The molecule has 0 atom stereocenters. The van der Waals surface area contributed by atoms with Crippen molar-refractivity contribution in [3.05, 3.63) is 14.7 Å². The maximum atomic E-state index is 12.5. The number of rotatable bonds is 3. The predicted molar refractivity (Wildman–Crippen MR) is 76.2 cm³/mol. The largest absolute Gasteiger partial charge is 0.477 e. The minimum absolute atomic E-state index is 0.0280. The van der Waals surface area contributed by atoms with Crippen molar-refractivity contribution in [2.75, 3.05) is 13.1 Å². The number of carboxylic acids is 1. The summed E-state index contributed by atoms with van der Waals surface area (Å²) in [5.41, 5.74) is 0. The standard InChI is InChI=1S/C11H14BrNO4S2/c12-10-9(7-8(18-10)11(14)15)19(16,17)13-5-3-1-2-4-6-13/h7H,1-6H2,(H,14,15). The second-order valence-corrected chi connectivity index (χ2v) is 8.65. The Kier molecular flexibility index (Phi) is 4.65. The average molecular weight is 368 g/mol. The molecule has 5 nitrogen and oxygen atoms in total. The summed E-state index contributed by atoms with van der Waals surface area (Å²) < 4.78 is 26.8. The molecule has 19 heavy (non-hydrogen) atoms. The van der Waals surface area contributed by atoms with E-state index in [-0.39, 0.29) is 9.77 Å². The number of hydrogen-bond donors (Lipinski definition) is 1. The van der Waals surface area contributed by atoms with Crippen LogP contribution >= 0.6 is 27.3 Å². The summed E-state index contributed by atoms with van der Waals surface area (Å²) in [5, 5.41) is 8.92. The van der Waals surface area contributed by atoms with Crippen LogP contribution in [0.15, 0.2) is 14.7 Å². The fraction of sp³-hybridized carbons (Fsp3) is 0.545. The molecule has 1 aromatic heterocycles. The molecular formula is C11H14BrNO4S2. The number of aromatic carboxylic acids is 1. The van der Waals surface area contributed by atoms with E-state index in [9.17, 15) is 13.2 Å². The zero-order valence-electron chi connectivity index (χ0n) is 10.1. The molecule has 2 heterocycles. The van der Waals surface area contributed by atoms with Crippen LogP contribution in [-0.4, -0.2) is 36.9 Å². The minimum Gasteiger partial charge on any atom is -0.477 e. The monoisotopic (exact) mass is 367 g/mol. The van der Waals surface area contributed by atoms with Crippen LogP contribution in [-0.2, 0) is 10.0 Å². The Balaban J connectivity index is 2.35. The highest BCUT2D eigenvalue weighted by Crippen LogP contribution is 2.34. The Labute approximate surface area is 124 Å². The number of hydrogen-bond acceptors (Lipinski definition) is 4. The van der Waals surface area contributed by atoms with Crippen LogP contribution in [0.2, 0.25) is 0 Å². The summed E-state index contributed by atoms with van der Waals surface area (Å²) in [6, 6.07) is 1.23. The van der Waals surface area contributed by atoms with Crippen LogP contribution in [0, 0.1) is 0 Å². The molecule has 8 heteroatoms. The van der Waals surface area contributed by atoms with Crippen molar-refractivity contribution in [3.63, 3.8) is 0 Å². The van der Waals surface area contributed by atoms with Crippen molar-refractivity contribution >= 4 is 43.3 Å². The average Bonchev–Trinajstić information content (AvgIpc) is 2.59. The van der Waals surface area contributed by atoms with Gasteiger partial charge in [0.25, 0.3) is 0 Å². The van der Waals surface area contributed by atoms with Crippen LogP contribution < -0.4 is 0 Å². The molecule has 0 amide bonds. The summed E-state index contributed by atoms with van der Waals surface area (Å²) in [7, 11) is -3.60. The van der Waals surface area contributed by atoms with E-state index in [1.165, 1.54) is 10.4 Å². The number of sulfonamides is 1. The van der Waals surface area contributed by atoms with Crippen LogP contribution in [0.3, 0.4) is 0 Å². The molecule has 1 saturated heterocycles. The number of thiophene rings is 1. The molecule has 0 bridgehead atoms. The van der Waals surface area contributed by atoms with Crippen LogP contribution in [0.4, 0.5) is 0 Å². The summed E-state index contributed by atoms with van der Waals surface area (Å²) in [6.07, 6.45) is 3.79. The number of halogens is 1. The Morgan fingerprint density at radius 1 is 1.26 bits per heavy atom. The topological polar surface area (TPSA) is 74.7 Å². The van der Waals surface area contributed by atoms with E-state index < -0.39 is 16.0 Å². The zero-order valence-corrected chi connectivity index (χ0v) is 13.4. The van der Waals surface area contributed by atoms with E-state index in [2.05, 4.69) is 15.9 Å². The van der Waals surface area contributed by atoms with Crippen molar-refractivity contribution in [2.45, 2.75) is 30.6 Å². The van der Waals surface area contributed by atoms with Gasteiger partial charge in [-0.15, -0.1) is 11.3 Å². The van der Waals surface area contributed by atoms with Crippen molar-refractivity contribution in [1.29, 1.82) is 0 Å². The van der Waals surface area contributed by atoms with E-state index in [1.807, 2.05) is 0 Å². The van der Waals surface area contributed by atoms with E-state index in [4.69, 9.17) is 5.11 Å². The van der Waals surface area contributed by atoms with Gasteiger partial charge >= 0.3 is 5.97 Å². The summed E-state index contributed by atoms with van der Waals surface area (Å²) >= 11 is 4.09. The maximum absolute atomic E-state index is 12.5. The third kappa shape index (κ3) is 3.18. The van der Waals surface area contributed by atoms with Gasteiger partial charge in [-0.2, -0.15) is 4.31 Å². The van der Waals surface area contributed by atoms with Crippen LogP contribution in [0.5, 0.6) is 0 Å². The molecule has 1 aromatic rings. The highest BCUT2D eigenvalue weighted by molar-refractivity contribution is 9.11. The van der Waals surface area contributed by atoms with Crippen LogP contribution in [0.25, 0.3) is 0 Å². The molecule has 0 radical (unpaired) electrons. The second kappa shape index (κ2) is 5.90. The molecule has 1 aliphatic rings. The first-order valence-corrected chi connectivity index (χ1v) is 9.00. The van der Waals surface area contributed by atoms with Gasteiger partial charge in [0, 0.05) is 13.1 Å². The van der Waals surface area contributed by atoms with Crippen molar-refractivity contribution in [3.8, 4) is 0 Å². The van der Waals surface area contributed by atoms with Crippen molar-refractivity contribution in [2.24, 2.45) is 0 Å². The molecular weight excluding hydrogens is 354 g/mol. The van der Waals surface area contributed by atoms with E-state index >= 15 is 0 Å². The lowest BCUT2D eigenvalue weighted by Gasteiger charge is -2.19. The number of carboxylic acid groups (broad SMARTS) is 1. The lowest BCUT2D eigenvalue weighted by atomic mass is 10.2. The molecule has 0 saturated carbocycles. The normalized spacial score (nSPS) is 18.2. The van der Waals surface area contributed by atoms with E-state index in [0.29, 0.717) is 16.9 Å². The summed E-state index contributed by atoms with van der Waals surface area (Å²) in [6.45, 7) is 1.01. The molecule has 106 valence electrons. The quantitative estimate of drug-likeness (QED) is 0.890. The summed E-state index contributed by atoms with van der Waals surface area (Å²) in [5.74, 6) is -1.11. The Hall–Kier alpha value is -0.440. The van der Waals surface area contributed by atoms with Gasteiger partial charge in [-0.1, -0.05) is 12.8 Å². The first kappa shape index (κ1) is 15.0. The lowest BCUT2D eigenvalue weighted by molar-refractivity contribution is 0.0702. The first-order chi connectivity index (χ1) is 8.93. The third-order valence-electron chi connectivity index (χ3n) is 3.05. The van der Waals surface area contributed by atoms with Gasteiger partial charge < -0.3 is 5.11 Å². The highest BCUT2D eigenvalue weighted by atomic mass is 79.9. The van der Waals surface area contributed by atoms with Crippen molar-refractivity contribution < 1.29 is 18.3 Å². The minimum atomic E-state index is -3.60. The lowest BCUT2D eigenvalue weighted by Crippen LogP contribution is -2.31. The first-order valence-electron chi connectivity index (χ1n) is 5.95. The molecule has 1 N–H and O–H groups in total. The third-order valence-corrected chi connectivity index (χ3v) is 7.19. The van der Waals surface area contributed by atoms with Gasteiger partial charge in [0.1, 0.15) is 9.77 Å². The Bertz CT molecular complexity index is 574. The van der Waals surface area contributed by atoms with Gasteiger partial charge in [0.15, 0.2) is 0 Å². The SMILES string of the molecule is O=C(O)c1cc(S(=O)(=O)N2CCCCCC2)c(Br)s1. The molecule has 0 spiro atoms. The smallest absolute Gasteiger partial charge is 0.345 e. The molecule has 0 aromatic carbocycles. The van der Waals surface area contributed by atoms with Gasteiger partial charge in [-0.05, 0) is 34.8 Å². The van der Waals surface area contributed by atoms with Gasteiger partial charge in [0.2, 0.25) is 10.0 Å². The molecule has 2 rings (SSSR count). The fourth-order valence-electron chi connectivity index (χ4n) is 2.05. The van der Waals surface area contributed by atoms with Gasteiger partial charge in [0.05, 0.1) is 3.79 Å². The Morgan fingerprint density at radius 3 is 2.32 bits per heavy atom. The number of carbonyl (C=O) groups is 1.